The number of aromatic nitrogens is 2. The third-order valence-corrected chi connectivity index (χ3v) is 7.26. The molecule has 9 heteroatoms. The second-order valence-electron chi connectivity index (χ2n) is 7.22. The topological polar surface area (TPSA) is 86.8 Å². The normalized spacial score (nSPS) is 13.6. The fraction of sp³-hybridized carbons (Fsp3) is 0.381. The first-order valence-corrected chi connectivity index (χ1v) is 11.2. The Hall–Kier alpha value is -2.78. The van der Waals surface area contributed by atoms with Gasteiger partial charge in [0.1, 0.15) is 22.2 Å². The maximum absolute atomic E-state index is 13.7. The van der Waals surface area contributed by atoms with Crippen LogP contribution in [0.1, 0.15) is 29.1 Å². The molecule has 0 fully saturated rings. The minimum atomic E-state index is -3.91. The summed E-state index contributed by atoms with van der Waals surface area (Å²) in [6, 6.07) is 8.18. The highest BCUT2D eigenvalue weighted by molar-refractivity contribution is 7.89. The Kier molecular flexibility index (Phi) is 5.57. The Bertz CT molecular complexity index is 1140. The van der Waals surface area contributed by atoms with E-state index in [2.05, 4.69) is 5.10 Å². The van der Waals surface area contributed by atoms with Crippen molar-refractivity contribution in [1.82, 2.24) is 14.1 Å². The molecule has 1 aliphatic carbocycles. The summed E-state index contributed by atoms with van der Waals surface area (Å²) < 4.78 is 46.6. The highest BCUT2D eigenvalue weighted by atomic mass is 32.2. The number of aryl methyl sites for hydroxylation is 1. The van der Waals surface area contributed by atoms with Crippen molar-refractivity contribution in [2.45, 2.75) is 37.2 Å². The lowest BCUT2D eigenvalue weighted by atomic mass is 10.2. The molecule has 30 heavy (non-hydrogen) atoms. The first-order valence-electron chi connectivity index (χ1n) is 9.72. The second kappa shape index (κ2) is 8.16. The minimum Gasteiger partial charge on any atom is -0.497 e. The SMILES string of the molecule is COc1ccc(S(=O)(=O)N(Cc2ccco2)Cc2nn(C)c3c2CCC3)c(OC)c1. The van der Waals surface area contributed by atoms with E-state index in [1.54, 1.807) is 24.3 Å². The molecule has 1 aromatic carbocycles. The molecule has 4 rings (SSSR count). The Balaban J connectivity index is 1.75. The van der Waals surface area contributed by atoms with Crippen molar-refractivity contribution in [3.05, 3.63) is 59.3 Å². The van der Waals surface area contributed by atoms with Gasteiger partial charge in [0.25, 0.3) is 0 Å². The van der Waals surface area contributed by atoms with Gasteiger partial charge in [-0.2, -0.15) is 9.40 Å². The van der Waals surface area contributed by atoms with Crippen LogP contribution in [0.4, 0.5) is 0 Å². The van der Waals surface area contributed by atoms with E-state index in [0.717, 1.165) is 30.5 Å². The standard InChI is InChI=1S/C21H25N3O5S/c1-23-19-8-4-7-17(19)18(22-23)14-24(13-16-6-5-11-29-16)30(25,26)21-10-9-15(27-2)12-20(21)28-3/h5-6,9-12H,4,7-8,13-14H2,1-3H3. The van der Waals surface area contributed by atoms with Crippen LogP contribution in [0.15, 0.2) is 45.9 Å². The van der Waals surface area contributed by atoms with Gasteiger partial charge in [-0.15, -0.1) is 0 Å². The summed E-state index contributed by atoms with van der Waals surface area (Å²) in [5, 5.41) is 4.61. The summed E-state index contributed by atoms with van der Waals surface area (Å²) in [6.45, 7) is 0.247. The average molecular weight is 432 g/mol. The molecule has 0 aliphatic heterocycles. The molecular weight excluding hydrogens is 406 g/mol. The molecule has 0 atom stereocenters. The van der Waals surface area contributed by atoms with Crippen LogP contribution in [0.3, 0.4) is 0 Å². The largest absolute Gasteiger partial charge is 0.497 e. The van der Waals surface area contributed by atoms with E-state index in [9.17, 15) is 8.42 Å². The molecule has 0 bridgehead atoms. The molecular formula is C21H25N3O5S. The van der Waals surface area contributed by atoms with Crippen molar-refractivity contribution in [1.29, 1.82) is 0 Å². The zero-order chi connectivity index (χ0) is 21.3. The Morgan fingerprint density at radius 3 is 2.70 bits per heavy atom. The number of fused-ring (bicyclic) bond motifs is 1. The fourth-order valence-electron chi connectivity index (χ4n) is 3.92. The van der Waals surface area contributed by atoms with Crippen LogP contribution >= 0.6 is 0 Å². The smallest absolute Gasteiger partial charge is 0.247 e. The van der Waals surface area contributed by atoms with Crippen LogP contribution in [0.25, 0.3) is 0 Å². The van der Waals surface area contributed by atoms with Gasteiger partial charge in [0.2, 0.25) is 10.0 Å². The molecule has 3 aromatic rings. The molecule has 0 saturated heterocycles. The molecule has 0 saturated carbocycles. The second-order valence-corrected chi connectivity index (χ2v) is 9.12. The Morgan fingerprint density at radius 2 is 2.00 bits per heavy atom. The summed E-state index contributed by atoms with van der Waals surface area (Å²) in [5.41, 5.74) is 3.12. The van der Waals surface area contributed by atoms with Crippen LogP contribution in [0, 0.1) is 0 Å². The molecule has 0 unspecified atom stereocenters. The van der Waals surface area contributed by atoms with E-state index < -0.39 is 10.0 Å². The van der Waals surface area contributed by atoms with E-state index in [1.807, 2.05) is 11.7 Å². The van der Waals surface area contributed by atoms with E-state index in [0.29, 0.717) is 11.5 Å². The first-order chi connectivity index (χ1) is 14.4. The molecule has 8 nitrogen and oxygen atoms in total. The summed E-state index contributed by atoms with van der Waals surface area (Å²) in [4.78, 5) is 0.0740. The van der Waals surface area contributed by atoms with Crippen LogP contribution in [-0.2, 0) is 43.0 Å². The quantitative estimate of drug-likeness (QED) is 0.545. The molecule has 1 aliphatic rings. The average Bonchev–Trinajstić information content (AvgIpc) is 3.48. The van der Waals surface area contributed by atoms with E-state index >= 15 is 0 Å². The number of rotatable bonds is 8. The van der Waals surface area contributed by atoms with E-state index in [4.69, 9.17) is 13.9 Å². The van der Waals surface area contributed by atoms with Crippen LogP contribution in [0.2, 0.25) is 0 Å². The lowest BCUT2D eigenvalue weighted by Gasteiger charge is -2.22. The minimum absolute atomic E-state index is 0.0740. The maximum Gasteiger partial charge on any atom is 0.247 e. The summed E-state index contributed by atoms with van der Waals surface area (Å²) in [7, 11) is 0.963. The predicted molar refractivity (Wildman–Crippen MR) is 110 cm³/mol. The molecule has 2 heterocycles. The first kappa shape index (κ1) is 20.5. The molecule has 0 radical (unpaired) electrons. The van der Waals surface area contributed by atoms with Crippen molar-refractivity contribution in [3.63, 3.8) is 0 Å². The van der Waals surface area contributed by atoms with E-state index in [-0.39, 0.29) is 23.7 Å². The third-order valence-electron chi connectivity index (χ3n) is 5.43. The Labute approximate surface area is 176 Å². The number of hydrogen-bond donors (Lipinski definition) is 0. The van der Waals surface area contributed by atoms with Gasteiger partial charge in [-0.3, -0.25) is 4.68 Å². The van der Waals surface area contributed by atoms with Gasteiger partial charge in [0.05, 0.1) is 39.3 Å². The van der Waals surface area contributed by atoms with Crippen molar-refractivity contribution in [2.75, 3.05) is 14.2 Å². The van der Waals surface area contributed by atoms with Crippen molar-refractivity contribution in [2.24, 2.45) is 7.05 Å². The van der Waals surface area contributed by atoms with Gasteiger partial charge in [-0.05, 0) is 49.1 Å². The molecule has 0 amide bonds. The maximum atomic E-state index is 13.7. The van der Waals surface area contributed by atoms with Gasteiger partial charge in [-0.1, -0.05) is 0 Å². The lowest BCUT2D eigenvalue weighted by Crippen LogP contribution is -2.31. The number of furan rings is 1. The van der Waals surface area contributed by atoms with Crippen LogP contribution < -0.4 is 9.47 Å². The summed E-state index contributed by atoms with van der Waals surface area (Å²) in [6.07, 6.45) is 4.48. The highest BCUT2D eigenvalue weighted by Gasteiger charge is 2.32. The summed E-state index contributed by atoms with van der Waals surface area (Å²) >= 11 is 0. The zero-order valence-electron chi connectivity index (χ0n) is 17.3. The van der Waals surface area contributed by atoms with Crippen molar-refractivity contribution >= 4 is 10.0 Å². The monoisotopic (exact) mass is 431 g/mol. The van der Waals surface area contributed by atoms with Crippen molar-refractivity contribution < 1.29 is 22.3 Å². The van der Waals surface area contributed by atoms with Gasteiger partial charge < -0.3 is 13.9 Å². The number of sulfonamides is 1. The number of methoxy groups -OCH3 is 2. The van der Waals surface area contributed by atoms with Crippen LogP contribution in [0.5, 0.6) is 11.5 Å². The highest BCUT2D eigenvalue weighted by Crippen LogP contribution is 2.33. The van der Waals surface area contributed by atoms with Gasteiger partial charge >= 0.3 is 0 Å². The number of benzene rings is 1. The Morgan fingerprint density at radius 1 is 1.17 bits per heavy atom. The van der Waals surface area contributed by atoms with E-state index in [1.165, 1.54) is 36.5 Å². The number of hydrogen-bond acceptors (Lipinski definition) is 6. The zero-order valence-corrected chi connectivity index (χ0v) is 18.1. The molecule has 2 aromatic heterocycles. The molecule has 0 N–H and O–H groups in total. The molecule has 160 valence electrons. The van der Waals surface area contributed by atoms with Crippen molar-refractivity contribution in [3.8, 4) is 11.5 Å². The third kappa shape index (κ3) is 3.70. The number of nitrogens with zero attached hydrogens (tertiary/aromatic N) is 3. The lowest BCUT2D eigenvalue weighted by molar-refractivity contribution is 0.348. The fourth-order valence-corrected chi connectivity index (χ4v) is 5.43. The number of ether oxygens (including phenoxy) is 2. The predicted octanol–water partition coefficient (Wildman–Crippen LogP) is 2.91. The van der Waals surface area contributed by atoms with Crippen LogP contribution in [-0.4, -0.2) is 36.7 Å². The van der Waals surface area contributed by atoms with Gasteiger partial charge in [-0.25, -0.2) is 8.42 Å². The van der Waals surface area contributed by atoms with Gasteiger partial charge in [0.15, 0.2) is 0 Å². The molecule has 0 spiro atoms. The summed E-state index contributed by atoms with van der Waals surface area (Å²) in [5.74, 6) is 1.30. The van der Waals surface area contributed by atoms with Gasteiger partial charge in [0, 0.05) is 18.8 Å².